The monoisotopic (exact) mass is 448 g/mol. The van der Waals surface area contributed by atoms with Gasteiger partial charge in [0, 0.05) is 29.6 Å². The van der Waals surface area contributed by atoms with Crippen LogP contribution in [0.1, 0.15) is 37.7 Å². The number of carbonyl (C=O) groups is 2. The summed E-state index contributed by atoms with van der Waals surface area (Å²) in [7, 11) is 0. The zero-order valence-corrected chi connectivity index (χ0v) is 18.8. The van der Waals surface area contributed by atoms with Gasteiger partial charge in [-0.1, -0.05) is 55.3 Å². The van der Waals surface area contributed by atoms with E-state index in [9.17, 15) is 9.59 Å². The Morgan fingerprint density at radius 1 is 1.06 bits per heavy atom. The van der Waals surface area contributed by atoms with E-state index in [2.05, 4.69) is 10.3 Å². The normalized spacial score (nSPS) is 13.8. The third-order valence-corrected chi connectivity index (χ3v) is 6.50. The Balaban J connectivity index is 1.40. The number of benzene rings is 2. The number of thiazole rings is 1. The smallest absolute Gasteiger partial charge is 0.244 e. The first kappa shape index (κ1) is 22.0. The van der Waals surface area contributed by atoms with Crippen LogP contribution in [0.3, 0.4) is 0 Å². The lowest BCUT2D eigenvalue weighted by Crippen LogP contribution is -2.38. The molecule has 2 amide bonds. The lowest BCUT2D eigenvalue weighted by Gasteiger charge is -2.24. The molecule has 0 saturated heterocycles. The molecule has 32 heavy (non-hydrogen) atoms. The molecule has 0 aliphatic heterocycles. The molecule has 4 rings (SSSR count). The Morgan fingerprint density at radius 2 is 1.78 bits per heavy atom. The molecule has 0 bridgehead atoms. The minimum Gasteiger partial charge on any atom is -0.375 e. The van der Waals surface area contributed by atoms with Gasteiger partial charge in [-0.3, -0.25) is 9.59 Å². The molecule has 3 N–H and O–H groups in total. The number of nitrogens with one attached hydrogen (secondary N) is 1. The summed E-state index contributed by atoms with van der Waals surface area (Å²) in [6.45, 7) is 0.467. The van der Waals surface area contributed by atoms with Crippen molar-refractivity contribution in [3.05, 3.63) is 65.5 Å². The van der Waals surface area contributed by atoms with Gasteiger partial charge in [0.25, 0.3) is 0 Å². The van der Waals surface area contributed by atoms with Gasteiger partial charge in [-0.25, -0.2) is 4.98 Å². The quantitative estimate of drug-likeness (QED) is 0.511. The van der Waals surface area contributed by atoms with E-state index in [0.29, 0.717) is 29.7 Å². The summed E-state index contributed by atoms with van der Waals surface area (Å²) in [6, 6.07) is 17.3. The molecular weight excluding hydrogens is 420 g/mol. The van der Waals surface area contributed by atoms with Crippen LogP contribution in [-0.4, -0.2) is 28.2 Å². The maximum absolute atomic E-state index is 13.0. The van der Waals surface area contributed by atoms with Gasteiger partial charge in [0.2, 0.25) is 11.8 Å². The van der Waals surface area contributed by atoms with E-state index in [1.807, 2.05) is 60.0 Å². The molecule has 0 atom stereocenters. The van der Waals surface area contributed by atoms with Crippen molar-refractivity contribution in [2.75, 3.05) is 17.6 Å². The van der Waals surface area contributed by atoms with Crippen LogP contribution in [0.5, 0.6) is 0 Å². The molecule has 1 aliphatic carbocycles. The summed E-state index contributed by atoms with van der Waals surface area (Å²) in [4.78, 5) is 31.8. The predicted molar refractivity (Wildman–Crippen MR) is 129 cm³/mol. The summed E-state index contributed by atoms with van der Waals surface area (Å²) in [5.41, 5.74) is 9.17. The van der Waals surface area contributed by atoms with Crippen molar-refractivity contribution in [2.24, 2.45) is 5.92 Å². The molecule has 0 spiro atoms. The van der Waals surface area contributed by atoms with E-state index in [-0.39, 0.29) is 18.4 Å². The number of hydrogen-bond acceptors (Lipinski definition) is 5. The van der Waals surface area contributed by atoms with Gasteiger partial charge in [-0.2, -0.15) is 0 Å². The standard InChI is InChI=1S/C25H28N4O2S/c26-25-28-22(17-32-25)20-10-12-21(13-11-20)27-23(30)16-29(15-19-8-2-1-3-9-19)24(31)14-18-6-4-5-7-18/h1-3,8-13,17-18H,4-7,14-16H2,(H2,26,28)(H,27,30). The van der Waals surface area contributed by atoms with E-state index >= 15 is 0 Å². The number of anilines is 2. The highest BCUT2D eigenvalue weighted by molar-refractivity contribution is 7.13. The molecule has 2 aromatic carbocycles. The van der Waals surface area contributed by atoms with E-state index < -0.39 is 0 Å². The molecule has 1 aliphatic rings. The van der Waals surface area contributed by atoms with Crippen molar-refractivity contribution in [3.63, 3.8) is 0 Å². The van der Waals surface area contributed by atoms with Crippen molar-refractivity contribution in [2.45, 2.75) is 38.6 Å². The van der Waals surface area contributed by atoms with Gasteiger partial charge in [-0.05, 0) is 36.5 Å². The highest BCUT2D eigenvalue weighted by atomic mass is 32.1. The summed E-state index contributed by atoms with van der Waals surface area (Å²) in [5.74, 6) is 0.287. The topological polar surface area (TPSA) is 88.3 Å². The average Bonchev–Trinajstić information content (AvgIpc) is 3.46. The van der Waals surface area contributed by atoms with E-state index in [4.69, 9.17) is 5.73 Å². The second-order valence-electron chi connectivity index (χ2n) is 8.29. The zero-order chi connectivity index (χ0) is 22.3. The molecule has 1 heterocycles. The fourth-order valence-corrected chi connectivity index (χ4v) is 4.72. The fourth-order valence-electron chi connectivity index (χ4n) is 4.14. The highest BCUT2D eigenvalue weighted by Gasteiger charge is 2.24. The Kier molecular flexibility index (Phi) is 7.17. The number of nitrogens with zero attached hydrogens (tertiary/aromatic N) is 2. The number of nitrogens with two attached hydrogens (primary N) is 1. The van der Waals surface area contributed by atoms with Crippen molar-refractivity contribution >= 4 is 34.0 Å². The first-order chi connectivity index (χ1) is 15.6. The van der Waals surface area contributed by atoms with Crippen LogP contribution in [0.15, 0.2) is 60.0 Å². The Bertz CT molecular complexity index is 1040. The van der Waals surface area contributed by atoms with Crippen molar-refractivity contribution < 1.29 is 9.59 Å². The minimum absolute atomic E-state index is 0.0326. The molecule has 3 aromatic rings. The van der Waals surface area contributed by atoms with Gasteiger partial charge < -0.3 is 16.0 Å². The van der Waals surface area contributed by atoms with Crippen LogP contribution >= 0.6 is 11.3 Å². The van der Waals surface area contributed by atoms with E-state index in [0.717, 1.165) is 29.7 Å². The first-order valence-electron chi connectivity index (χ1n) is 11.0. The van der Waals surface area contributed by atoms with E-state index in [1.54, 1.807) is 4.90 Å². The first-order valence-corrected chi connectivity index (χ1v) is 11.9. The number of amides is 2. The molecule has 0 unspecified atom stereocenters. The Hall–Kier alpha value is -3.19. The number of nitrogen functional groups attached to an aromatic ring is 1. The summed E-state index contributed by atoms with van der Waals surface area (Å²) >= 11 is 1.39. The maximum atomic E-state index is 13.0. The highest BCUT2D eigenvalue weighted by Crippen LogP contribution is 2.28. The molecule has 1 fully saturated rings. The molecule has 166 valence electrons. The third-order valence-electron chi connectivity index (χ3n) is 5.83. The maximum Gasteiger partial charge on any atom is 0.244 e. The number of rotatable bonds is 8. The summed E-state index contributed by atoms with van der Waals surface area (Å²) < 4.78 is 0. The number of hydrogen-bond donors (Lipinski definition) is 2. The molecule has 0 radical (unpaired) electrons. The van der Waals surface area contributed by atoms with Gasteiger partial charge in [-0.15, -0.1) is 11.3 Å². The molecular formula is C25H28N4O2S. The van der Waals surface area contributed by atoms with Gasteiger partial charge in [0.15, 0.2) is 5.13 Å². The Labute approximate surface area is 192 Å². The van der Waals surface area contributed by atoms with Gasteiger partial charge >= 0.3 is 0 Å². The van der Waals surface area contributed by atoms with Crippen LogP contribution in [0.2, 0.25) is 0 Å². The zero-order valence-electron chi connectivity index (χ0n) is 18.0. The molecule has 7 heteroatoms. The molecule has 6 nitrogen and oxygen atoms in total. The Morgan fingerprint density at radius 3 is 2.44 bits per heavy atom. The second-order valence-corrected chi connectivity index (χ2v) is 9.18. The third kappa shape index (κ3) is 5.95. The van der Waals surface area contributed by atoms with Gasteiger partial charge in [0.1, 0.15) is 6.54 Å². The van der Waals surface area contributed by atoms with Crippen LogP contribution in [0.4, 0.5) is 10.8 Å². The summed E-state index contributed by atoms with van der Waals surface area (Å²) in [5, 5.41) is 5.34. The molecule has 1 saturated carbocycles. The van der Waals surface area contributed by atoms with Gasteiger partial charge in [0.05, 0.1) is 5.69 Å². The lowest BCUT2D eigenvalue weighted by atomic mass is 10.0. The second kappa shape index (κ2) is 10.4. The SMILES string of the molecule is Nc1nc(-c2ccc(NC(=O)CN(Cc3ccccc3)C(=O)CC3CCCC3)cc2)cs1. The van der Waals surface area contributed by atoms with Crippen molar-refractivity contribution in [1.29, 1.82) is 0 Å². The van der Waals surface area contributed by atoms with Crippen molar-refractivity contribution in [1.82, 2.24) is 9.88 Å². The average molecular weight is 449 g/mol. The fraction of sp³-hybridized carbons (Fsp3) is 0.320. The van der Waals surface area contributed by atoms with Crippen LogP contribution < -0.4 is 11.1 Å². The van der Waals surface area contributed by atoms with E-state index in [1.165, 1.54) is 24.2 Å². The number of aromatic nitrogens is 1. The lowest BCUT2D eigenvalue weighted by molar-refractivity contribution is -0.136. The number of carbonyl (C=O) groups excluding carboxylic acids is 2. The van der Waals surface area contributed by atoms with Crippen LogP contribution in [-0.2, 0) is 16.1 Å². The summed E-state index contributed by atoms with van der Waals surface area (Å²) in [6.07, 6.45) is 5.12. The van der Waals surface area contributed by atoms with Crippen molar-refractivity contribution in [3.8, 4) is 11.3 Å². The predicted octanol–water partition coefficient (Wildman–Crippen LogP) is 4.94. The van der Waals surface area contributed by atoms with Crippen LogP contribution in [0, 0.1) is 5.92 Å². The largest absolute Gasteiger partial charge is 0.375 e. The minimum atomic E-state index is -0.202. The van der Waals surface area contributed by atoms with Crippen LogP contribution in [0.25, 0.3) is 11.3 Å². The molecule has 1 aromatic heterocycles.